The van der Waals surface area contributed by atoms with Gasteiger partial charge in [-0.3, -0.25) is 0 Å². The molecule has 0 aromatic carbocycles. The molecule has 1 saturated carbocycles. The molecule has 6 nitrogen and oxygen atoms in total. The van der Waals surface area contributed by atoms with Crippen LogP contribution in [-0.2, 0) is 11.2 Å². The molecule has 1 aliphatic heterocycles. The van der Waals surface area contributed by atoms with Gasteiger partial charge in [-0.15, -0.1) is 10.2 Å². The molecule has 2 aliphatic rings. The number of fused-ring (bicyclic) bond motifs is 1. The molecular weight excluding hydrogens is 286 g/mol. The lowest BCUT2D eigenvalue weighted by Gasteiger charge is -2.21. The summed E-state index contributed by atoms with van der Waals surface area (Å²) in [6.07, 6.45) is 7.60. The van der Waals surface area contributed by atoms with Gasteiger partial charge in [0.15, 0.2) is 5.82 Å². The highest BCUT2D eigenvalue weighted by atomic mass is 32.1. The van der Waals surface area contributed by atoms with Crippen LogP contribution in [-0.4, -0.2) is 38.6 Å². The Morgan fingerprint density at radius 2 is 2.00 bits per heavy atom. The summed E-state index contributed by atoms with van der Waals surface area (Å²) in [5, 5.41) is 14.5. The molecule has 3 heterocycles. The fraction of sp³-hybridized carbons (Fsp3) is 0.786. The molecule has 0 unspecified atom stereocenters. The van der Waals surface area contributed by atoms with Gasteiger partial charge in [-0.1, -0.05) is 24.2 Å². The van der Waals surface area contributed by atoms with Gasteiger partial charge in [-0.05, 0) is 25.7 Å². The van der Waals surface area contributed by atoms with Crippen LogP contribution < -0.4 is 5.73 Å². The minimum absolute atomic E-state index is 0.0534. The topological polar surface area (TPSA) is 78.3 Å². The molecule has 0 radical (unpaired) electrons. The molecule has 2 aromatic rings. The second-order valence-electron chi connectivity index (χ2n) is 6.38. The summed E-state index contributed by atoms with van der Waals surface area (Å²) in [4.78, 5) is 0.896. The van der Waals surface area contributed by atoms with Gasteiger partial charge < -0.3 is 10.5 Å². The van der Waals surface area contributed by atoms with Crippen molar-refractivity contribution >= 4 is 16.3 Å². The molecule has 0 amide bonds. The zero-order valence-corrected chi connectivity index (χ0v) is 12.9. The summed E-state index contributed by atoms with van der Waals surface area (Å²) >= 11 is 1.63. The summed E-state index contributed by atoms with van der Waals surface area (Å²) in [5.74, 6) is 1.41. The predicted octanol–water partition coefficient (Wildman–Crippen LogP) is 1.89. The Bertz CT molecular complexity index is 624. The van der Waals surface area contributed by atoms with Crippen molar-refractivity contribution in [2.45, 2.75) is 56.4 Å². The molecule has 4 rings (SSSR count). The van der Waals surface area contributed by atoms with E-state index in [0.717, 1.165) is 61.1 Å². The maximum Gasteiger partial charge on any atom is 0.234 e. The van der Waals surface area contributed by atoms with Crippen molar-refractivity contribution in [3.8, 4) is 0 Å². The number of ether oxygens (including phenoxy) is 1. The second-order valence-corrected chi connectivity index (χ2v) is 7.42. The highest BCUT2D eigenvalue weighted by Gasteiger charge is 2.31. The Morgan fingerprint density at radius 3 is 2.76 bits per heavy atom. The highest BCUT2D eigenvalue weighted by molar-refractivity contribution is 7.16. The molecule has 0 bridgehead atoms. The van der Waals surface area contributed by atoms with E-state index in [4.69, 9.17) is 15.6 Å². The van der Waals surface area contributed by atoms with E-state index in [0.29, 0.717) is 5.92 Å². The van der Waals surface area contributed by atoms with E-state index >= 15 is 0 Å². The lowest BCUT2D eigenvalue weighted by molar-refractivity contribution is 0.0831. The fourth-order valence-corrected chi connectivity index (χ4v) is 4.51. The van der Waals surface area contributed by atoms with E-state index in [2.05, 4.69) is 10.2 Å². The lowest BCUT2D eigenvalue weighted by Crippen LogP contribution is -2.38. The summed E-state index contributed by atoms with van der Waals surface area (Å²) in [7, 11) is 0. The van der Waals surface area contributed by atoms with Crippen molar-refractivity contribution in [1.82, 2.24) is 19.8 Å². The van der Waals surface area contributed by atoms with Crippen molar-refractivity contribution < 1.29 is 4.74 Å². The van der Waals surface area contributed by atoms with Gasteiger partial charge in [0.05, 0.1) is 0 Å². The SMILES string of the molecule is NC1(Cc2nn3c(C4CCOCC4)nnc3s2)CCCC1. The van der Waals surface area contributed by atoms with E-state index < -0.39 is 0 Å². The van der Waals surface area contributed by atoms with Crippen molar-refractivity contribution in [2.75, 3.05) is 13.2 Å². The van der Waals surface area contributed by atoms with Crippen LogP contribution in [0.4, 0.5) is 0 Å². The molecule has 2 N–H and O–H groups in total. The number of nitrogens with two attached hydrogens (primary N) is 1. The molecular formula is C14H21N5OS. The van der Waals surface area contributed by atoms with Crippen LogP contribution >= 0.6 is 11.3 Å². The standard InChI is InChI=1S/C14H21N5OS/c15-14(5-1-2-6-14)9-11-18-19-12(16-17-13(19)21-11)10-3-7-20-8-4-10/h10H,1-9,15H2. The van der Waals surface area contributed by atoms with Crippen molar-refractivity contribution in [3.05, 3.63) is 10.8 Å². The number of nitrogens with zero attached hydrogens (tertiary/aromatic N) is 4. The smallest absolute Gasteiger partial charge is 0.234 e. The van der Waals surface area contributed by atoms with Gasteiger partial charge in [0, 0.05) is 31.1 Å². The molecule has 2 fully saturated rings. The van der Waals surface area contributed by atoms with E-state index in [-0.39, 0.29) is 5.54 Å². The Balaban J connectivity index is 1.59. The van der Waals surface area contributed by atoms with Gasteiger partial charge in [-0.2, -0.15) is 9.61 Å². The Hall–Kier alpha value is -1.05. The quantitative estimate of drug-likeness (QED) is 0.937. The van der Waals surface area contributed by atoms with Gasteiger partial charge in [0.1, 0.15) is 5.01 Å². The molecule has 1 aliphatic carbocycles. The van der Waals surface area contributed by atoms with Crippen molar-refractivity contribution in [2.24, 2.45) is 5.73 Å². The first-order chi connectivity index (χ1) is 10.2. The normalized spacial score (nSPS) is 23.1. The summed E-state index contributed by atoms with van der Waals surface area (Å²) in [6, 6.07) is 0. The van der Waals surface area contributed by atoms with Crippen LogP contribution in [0.25, 0.3) is 4.96 Å². The van der Waals surface area contributed by atoms with Gasteiger partial charge in [0.25, 0.3) is 0 Å². The first-order valence-corrected chi connectivity index (χ1v) is 8.63. The van der Waals surface area contributed by atoms with E-state index in [1.807, 2.05) is 4.52 Å². The third-order valence-corrected chi connectivity index (χ3v) is 5.64. The zero-order valence-electron chi connectivity index (χ0n) is 12.1. The largest absolute Gasteiger partial charge is 0.381 e. The van der Waals surface area contributed by atoms with Crippen LogP contribution in [0.15, 0.2) is 0 Å². The first-order valence-electron chi connectivity index (χ1n) is 7.81. The molecule has 114 valence electrons. The average Bonchev–Trinajstić information content (AvgIpc) is 3.16. The molecule has 1 saturated heterocycles. The summed E-state index contributed by atoms with van der Waals surface area (Å²) in [6.45, 7) is 1.62. The van der Waals surface area contributed by atoms with E-state index in [9.17, 15) is 0 Å². The molecule has 21 heavy (non-hydrogen) atoms. The first kappa shape index (κ1) is 13.6. The number of aromatic nitrogens is 4. The maximum absolute atomic E-state index is 6.47. The Labute approximate surface area is 127 Å². The van der Waals surface area contributed by atoms with E-state index in [1.165, 1.54) is 12.8 Å². The third-order valence-electron chi connectivity index (χ3n) is 4.75. The van der Waals surface area contributed by atoms with Crippen LogP contribution in [0, 0.1) is 0 Å². The van der Waals surface area contributed by atoms with Crippen molar-refractivity contribution in [3.63, 3.8) is 0 Å². The Kier molecular flexibility index (Phi) is 3.43. The predicted molar refractivity (Wildman–Crippen MR) is 80.5 cm³/mol. The van der Waals surface area contributed by atoms with Crippen LogP contribution in [0.3, 0.4) is 0 Å². The minimum Gasteiger partial charge on any atom is -0.381 e. The summed E-state index contributed by atoms with van der Waals surface area (Å²) < 4.78 is 7.36. The number of hydrogen-bond donors (Lipinski definition) is 1. The van der Waals surface area contributed by atoms with Gasteiger partial charge >= 0.3 is 0 Å². The highest BCUT2D eigenvalue weighted by Crippen LogP contribution is 2.32. The Morgan fingerprint density at radius 1 is 1.24 bits per heavy atom. The van der Waals surface area contributed by atoms with Crippen LogP contribution in [0.5, 0.6) is 0 Å². The van der Waals surface area contributed by atoms with Crippen LogP contribution in [0.2, 0.25) is 0 Å². The summed E-state index contributed by atoms with van der Waals surface area (Å²) in [5.41, 5.74) is 6.41. The molecule has 0 atom stereocenters. The van der Waals surface area contributed by atoms with Crippen LogP contribution in [0.1, 0.15) is 55.3 Å². The second kappa shape index (κ2) is 5.30. The number of hydrogen-bond acceptors (Lipinski definition) is 6. The molecule has 0 spiro atoms. The van der Waals surface area contributed by atoms with E-state index in [1.54, 1.807) is 11.3 Å². The molecule has 7 heteroatoms. The van der Waals surface area contributed by atoms with Gasteiger partial charge in [-0.25, -0.2) is 0 Å². The zero-order chi connectivity index (χ0) is 14.3. The number of rotatable bonds is 3. The minimum atomic E-state index is -0.0534. The van der Waals surface area contributed by atoms with Crippen molar-refractivity contribution in [1.29, 1.82) is 0 Å². The lowest BCUT2D eigenvalue weighted by atomic mass is 9.95. The average molecular weight is 307 g/mol. The van der Waals surface area contributed by atoms with Gasteiger partial charge in [0.2, 0.25) is 4.96 Å². The third kappa shape index (κ3) is 2.58. The monoisotopic (exact) mass is 307 g/mol. The molecule has 2 aromatic heterocycles. The maximum atomic E-state index is 6.47. The fourth-order valence-electron chi connectivity index (χ4n) is 3.51.